The van der Waals surface area contributed by atoms with Crippen LogP contribution in [0.4, 0.5) is 5.69 Å². The van der Waals surface area contributed by atoms with Crippen molar-refractivity contribution in [2.24, 2.45) is 0 Å². The van der Waals surface area contributed by atoms with Crippen molar-refractivity contribution in [1.82, 2.24) is 10.3 Å². The molecule has 1 aromatic heterocycles. The lowest BCUT2D eigenvalue weighted by atomic mass is 10.1. The normalized spacial score (nSPS) is 12.2. The molecule has 1 atom stereocenters. The molecule has 0 spiro atoms. The number of carbonyl (C=O) groups is 1. The largest absolute Gasteiger partial charge is 0.382 e. The molecule has 1 aromatic carbocycles. The number of amides is 1. The highest BCUT2D eigenvalue weighted by molar-refractivity contribution is 7.09. The Hall–Kier alpha value is -1.88. The molecule has 0 saturated carbocycles. The van der Waals surface area contributed by atoms with Crippen LogP contribution in [0, 0.1) is 6.92 Å². The first kappa shape index (κ1) is 15.5. The van der Waals surface area contributed by atoms with E-state index < -0.39 is 0 Å². The third-order valence-electron chi connectivity index (χ3n) is 2.97. The predicted octanol–water partition coefficient (Wildman–Crippen LogP) is 3.76. The fourth-order valence-corrected chi connectivity index (χ4v) is 2.83. The van der Waals surface area contributed by atoms with Crippen molar-refractivity contribution < 1.29 is 4.79 Å². The maximum Gasteiger partial charge on any atom is 0.253 e. The summed E-state index contributed by atoms with van der Waals surface area (Å²) >= 11 is 1.57. The fraction of sp³-hybridized carbons (Fsp3) is 0.375. The Labute approximate surface area is 129 Å². The van der Waals surface area contributed by atoms with Crippen molar-refractivity contribution in [3.8, 4) is 0 Å². The summed E-state index contributed by atoms with van der Waals surface area (Å²) < 4.78 is 0. The highest BCUT2D eigenvalue weighted by Crippen LogP contribution is 2.20. The van der Waals surface area contributed by atoms with Crippen molar-refractivity contribution in [3.05, 3.63) is 45.9 Å². The van der Waals surface area contributed by atoms with Crippen LogP contribution < -0.4 is 10.6 Å². The molecule has 1 heterocycles. The quantitative estimate of drug-likeness (QED) is 0.884. The summed E-state index contributed by atoms with van der Waals surface area (Å²) in [5.74, 6) is -0.0842. The molecule has 0 radical (unpaired) electrons. The Morgan fingerprint density at radius 2 is 1.95 bits per heavy atom. The standard InChI is InChI=1S/C16H21N3OS/c1-10(2)17-14-8-6-5-7-13(14)15(20)19-12(4)16-18-11(3)9-21-16/h5-10,12,17H,1-4H3,(H,19,20). The maximum absolute atomic E-state index is 12.5. The lowest BCUT2D eigenvalue weighted by molar-refractivity contribution is 0.0940. The van der Waals surface area contributed by atoms with Gasteiger partial charge in [-0.05, 0) is 39.8 Å². The first-order chi connectivity index (χ1) is 9.97. The molecular formula is C16H21N3OS. The number of thiazole rings is 1. The number of aryl methyl sites for hydroxylation is 1. The SMILES string of the molecule is Cc1csc(C(C)NC(=O)c2ccccc2NC(C)C)n1. The second-order valence-corrected chi connectivity index (χ2v) is 6.26. The molecule has 2 N–H and O–H groups in total. The van der Waals surface area contributed by atoms with Crippen LogP contribution in [0.15, 0.2) is 29.6 Å². The molecule has 0 aliphatic carbocycles. The molecule has 112 valence electrons. The fourth-order valence-electron chi connectivity index (χ4n) is 2.03. The van der Waals surface area contributed by atoms with Crippen LogP contribution in [0.3, 0.4) is 0 Å². The van der Waals surface area contributed by atoms with Crippen LogP contribution in [0.1, 0.15) is 47.9 Å². The Morgan fingerprint density at radius 1 is 1.24 bits per heavy atom. The first-order valence-electron chi connectivity index (χ1n) is 7.06. The van der Waals surface area contributed by atoms with Gasteiger partial charge in [-0.1, -0.05) is 12.1 Å². The second-order valence-electron chi connectivity index (χ2n) is 5.37. The molecular weight excluding hydrogens is 282 g/mol. The second kappa shape index (κ2) is 6.72. The summed E-state index contributed by atoms with van der Waals surface area (Å²) in [6.07, 6.45) is 0. The van der Waals surface area contributed by atoms with Gasteiger partial charge in [0.15, 0.2) is 0 Å². The smallest absolute Gasteiger partial charge is 0.253 e. The average molecular weight is 303 g/mol. The zero-order valence-corrected chi connectivity index (χ0v) is 13.6. The predicted molar refractivity (Wildman–Crippen MR) is 87.9 cm³/mol. The van der Waals surface area contributed by atoms with Gasteiger partial charge >= 0.3 is 0 Å². The molecule has 2 aromatic rings. The van der Waals surface area contributed by atoms with E-state index in [9.17, 15) is 4.79 Å². The van der Waals surface area contributed by atoms with Gasteiger partial charge in [-0.3, -0.25) is 4.79 Å². The van der Waals surface area contributed by atoms with Gasteiger partial charge in [0.1, 0.15) is 5.01 Å². The lowest BCUT2D eigenvalue weighted by Crippen LogP contribution is -2.28. The number of anilines is 1. The molecule has 0 saturated heterocycles. The van der Waals surface area contributed by atoms with E-state index in [0.717, 1.165) is 16.4 Å². The van der Waals surface area contributed by atoms with E-state index in [2.05, 4.69) is 29.5 Å². The van der Waals surface area contributed by atoms with Gasteiger partial charge in [-0.15, -0.1) is 11.3 Å². The molecule has 5 heteroatoms. The van der Waals surface area contributed by atoms with Crippen molar-refractivity contribution in [2.75, 3.05) is 5.32 Å². The molecule has 2 rings (SSSR count). The lowest BCUT2D eigenvalue weighted by Gasteiger charge is -2.16. The number of nitrogens with zero attached hydrogens (tertiary/aromatic N) is 1. The van der Waals surface area contributed by atoms with E-state index in [1.165, 1.54) is 0 Å². The Balaban J connectivity index is 2.13. The van der Waals surface area contributed by atoms with E-state index in [1.807, 2.05) is 43.5 Å². The molecule has 0 aliphatic rings. The van der Waals surface area contributed by atoms with Gasteiger partial charge in [-0.25, -0.2) is 4.98 Å². The van der Waals surface area contributed by atoms with Gasteiger partial charge in [0.25, 0.3) is 5.91 Å². The van der Waals surface area contributed by atoms with Crippen molar-refractivity contribution in [2.45, 2.75) is 39.8 Å². The molecule has 21 heavy (non-hydrogen) atoms. The van der Waals surface area contributed by atoms with Crippen LogP contribution in [0.25, 0.3) is 0 Å². The zero-order chi connectivity index (χ0) is 15.4. The van der Waals surface area contributed by atoms with E-state index in [-0.39, 0.29) is 18.0 Å². The van der Waals surface area contributed by atoms with E-state index in [1.54, 1.807) is 11.3 Å². The Morgan fingerprint density at radius 3 is 2.57 bits per heavy atom. The molecule has 0 aliphatic heterocycles. The molecule has 4 nitrogen and oxygen atoms in total. The number of hydrogen-bond donors (Lipinski definition) is 2. The summed E-state index contributed by atoms with van der Waals surface area (Å²) in [5.41, 5.74) is 2.50. The van der Waals surface area contributed by atoms with E-state index in [0.29, 0.717) is 5.56 Å². The van der Waals surface area contributed by atoms with Crippen LogP contribution in [0.2, 0.25) is 0 Å². The van der Waals surface area contributed by atoms with Gasteiger partial charge in [-0.2, -0.15) is 0 Å². The Kier molecular flexibility index (Phi) is 4.96. The summed E-state index contributed by atoms with van der Waals surface area (Å²) in [5, 5.41) is 9.22. The Bertz CT molecular complexity index is 621. The highest BCUT2D eigenvalue weighted by atomic mass is 32.1. The van der Waals surface area contributed by atoms with Crippen molar-refractivity contribution in [3.63, 3.8) is 0 Å². The topological polar surface area (TPSA) is 54.0 Å². The van der Waals surface area contributed by atoms with Crippen molar-refractivity contribution >= 4 is 22.9 Å². The summed E-state index contributed by atoms with van der Waals surface area (Å²) in [4.78, 5) is 16.9. The van der Waals surface area contributed by atoms with Gasteiger partial charge in [0.2, 0.25) is 0 Å². The minimum Gasteiger partial charge on any atom is -0.382 e. The van der Waals surface area contributed by atoms with E-state index in [4.69, 9.17) is 0 Å². The monoisotopic (exact) mass is 303 g/mol. The summed E-state index contributed by atoms with van der Waals surface area (Å²) in [7, 11) is 0. The molecule has 1 amide bonds. The van der Waals surface area contributed by atoms with Crippen LogP contribution >= 0.6 is 11.3 Å². The number of hydrogen-bond acceptors (Lipinski definition) is 4. The van der Waals surface area contributed by atoms with Gasteiger partial charge in [0.05, 0.1) is 11.6 Å². The highest BCUT2D eigenvalue weighted by Gasteiger charge is 2.16. The van der Waals surface area contributed by atoms with Gasteiger partial charge < -0.3 is 10.6 Å². The number of carbonyl (C=O) groups excluding carboxylic acids is 1. The van der Waals surface area contributed by atoms with Crippen LogP contribution in [-0.2, 0) is 0 Å². The minimum atomic E-state index is -0.0942. The third kappa shape index (κ3) is 4.04. The third-order valence-corrected chi connectivity index (χ3v) is 4.12. The van der Waals surface area contributed by atoms with E-state index >= 15 is 0 Å². The van der Waals surface area contributed by atoms with Gasteiger partial charge in [0, 0.05) is 22.8 Å². The first-order valence-corrected chi connectivity index (χ1v) is 7.93. The van der Waals surface area contributed by atoms with Crippen LogP contribution in [0.5, 0.6) is 0 Å². The zero-order valence-electron chi connectivity index (χ0n) is 12.8. The number of nitrogens with one attached hydrogen (secondary N) is 2. The number of benzene rings is 1. The number of para-hydroxylation sites is 1. The molecule has 0 fully saturated rings. The van der Waals surface area contributed by atoms with Crippen LogP contribution in [-0.4, -0.2) is 16.9 Å². The number of aromatic nitrogens is 1. The minimum absolute atomic E-state index is 0.0842. The summed E-state index contributed by atoms with van der Waals surface area (Å²) in [6.45, 7) is 8.01. The average Bonchev–Trinajstić information content (AvgIpc) is 2.85. The molecule has 1 unspecified atom stereocenters. The summed E-state index contributed by atoms with van der Waals surface area (Å²) in [6, 6.07) is 7.74. The number of rotatable bonds is 5. The maximum atomic E-state index is 12.5. The molecule has 0 bridgehead atoms. The van der Waals surface area contributed by atoms with Crippen molar-refractivity contribution in [1.29, 1.82) is 0 Å².